The van der Waals surface area contributed by atoms with E-state index in [1.807, 2.05) is 7.05 Å². The molecule has 7 heteroatoms. The number of carbonyl (C=O) groups excluding carboxylic acids is 1. The van der Waals surface area contributed by atoms with Crippen LogP contribution in [-0.4, -0.2) is 74.5 Å². The quantitative estimate of drug-likeness (QED) is 0.218. The van der Waals surface area contributed by atoms with Crippen LogP contribution in [0.5, 0.6) is 0 Å². The topological polar surface area (TPSA) is 47.9 Å². The molecule has 1 N–H and O–H groups in total. The van der Waals surface area contributed by atoms with Gasteiger partial charge in [-0.05, 0) is 25.5 Å². The number of hydrogen-bond acceptors (Lipinski definition) is 5. The maximum atomic E-state index is 9.57. The van der Waals surface area contributed by atoms with Crippen molar-refractivity contribution in [3.63, 3.8) is 0 Å². The van der Waals surface area contributed by atoms with Crippen molar-refractivity contribution in [2.75, 3.05) is 39.8 Å². The molecule has 3 rings (SSSR count). The van der Waals surface area contributed by atoms with Crippen molar-refractivity contribution in [1.29, 1.82) is 0 Å². The van der Waals surface area contributed by atoms with E-state index in [2.05, 4.69) is 98.3 Å². The summed E-state index contributed by atoms with van der Waals surface area (Å²) in [6.07, 6.45) is 5.94. The zero-order valence-corrected chi connectivity index (χ0v) is 27.6. The van der Waals surface area contributed by atoms with Crippen molar-refractivity contribution in [2.24, 2.45) is 10.9 Å². The van der Waals surface area contributed by atoms with Gasteiger partial charge in [0.25, 0.3) is 0 Å². The maximum Gasteiger partial charge on any atom is 1.00 e. The Morgan fingerprint density at radius 2 is 1.76 bits per heavy atom. The van der Waals surface area contributed by atoms with Crippen molar-refractivity contribution in [3.8, 4) is 0 Å². The van der Waals surface area contributed by atoms with Gasteiger partial charge in [-0.15, -0.1) is 0 Å². The minimum atomic E-state index is 0. The van der Waals surface area contributed by atoms with E-state index >= 15 is 0 Å². The number of piperazine rings is 1. The molecule has 5 nitrogen and oxygen atoms in total. The fourth-order valence-electron chi connectivity index (χ4n) is 3.54. The number of hydrogen-bond donors (Lipinski definition) is 1. The van der Waals surface area contributed by atoms with Gasteiger partial charge in [-0.25, -0.2) is 0 Å². The van der Waals surface area contributed by atoms with Crippen LogP contribution in [0.3, 0.4) is 0 Å². The molecule has 198 valence electrons. The summed E-state index contributed by atoms with van der Waals surface area (Å²) < 4.78 is 0. The fourth-order valence-corrected chi connectivity index (χ4v) is 3.54. The summed E-state index contributed by atoms with van der Waals surface area (Å²) in [5.74, 6) is 2.68. The maximum absolute atomic E-state index is 9.57. The Balaban J connectivity index is 0.00000124. The molecule has 0 amide bonds. The molecular formula is C30H47BKN4O-. The molecular weight excluding hydrogens is 482 g/mol. The van der Waals surface area contributed by atoms with Crippen LogP contribution < -0.4 is 56.7 Å². The molecule has 37 heavy (non-hydrogen) atoms. The summed E-state index contributed by atoms with van der Waals surface area (Å²) in [5.41, 5.74) is 6.06. The third kappa shape index (κ3) is 16.2. The molecule has 2 aliphatic rings. The first-order valence-corrected chi connectivity index (χ1v) is 13.3. The van der Waals surface area contributed by atoms with Crippen LogP contribution in [0.15, 0.2) is 46.6 Å². The number of allylic oxidation sites excluding steroid dienone is 1. The molecule has 1 saturated carbocycles. The second-order valence-corrected chi connectivity index (χ2v) is 9.54. The Bertz CT molecular complexity index is 851. The van der Waals surface area contributed by atoms with Gasteiger partial charge in [-0.2, -0.15) is 0 Å². The first-order chi connectivity index (χ1) is 17.4. The molecule has 0 unspecified atom stereocenters. The molecule has 0 aromatic heterocycles. The summed E-state index contributed by atoms with van der Waals surface area (Å²) in [4.78, 5) is 18.8. The van der Waals surface area contributed by atoms with E-state index in [1.54, 1.807) is 0 Å². The third-order valence-electron chi connectivity index (χ3n) is 5.77. The van der Waals surface area contributed by atoms with E-state index in [9.17, 15) is 4.79 Å². The summed E-state index contributed by atoms with van der Waals surface area (Å²) in [7, 11) is 1.96. The second-order valence-electron chi connectivity index (χ2n) is 9.54. The number of aldehydes is 1. The summed E-state index contributed by atoms with van der Waals surface area (Å²) >= 11 is 0. The van der Waals surface area contributed by atoms with Crippen molar-refractivity contribution < 1.29 is 56.2 Å². The molecule has 0 spiro atoms. The van der Waals surface area contributed by atoms with Crippen LogP contribution in [-0.2, 0) is 11.3 Å². The minimum absolute atomic E-state index is 0. The standard InChI is InChI=1S/C23H33BN4.C4H6O.C3H8.K/c1-6-26-23(21-9-7-20(8-10-21)16-25-5)18-28-13-11-27(12-14-28)17-22(15-24-4)19(2)3;5-3-4-1-2-4;1-3-2;/h1,6-10,15,18,25H,11-14,16-17H2,2-5H3;3-4H,1-2H2;3H2,1-2H3;/q-2;;;+1. The number of benzene rings is 1. The summed E-state index contributed by atoms with van der Waals surface area (Å²) in [5, 5.41) is 3.17. The van der Waals surface area contributed by atoms with Gasteiger partial charge in [0.2, 0.25) is 0 Å². The van der Waals surface area contributed by atoms with E-state index in [0.717, 1.165) is 69.7 Å². The van der Waals surface area contributed by atoms with Crippen LogP contribution in [0.4, 0.5) is 0 Å². The van der Waals surface area contributed by atoms with E-state index < -0.39 is 0 Å². The van der Waals surface area contributed by atoms with Gasteiger partial charge in [0.1, 0.15) is 6.29 Å². The van der Waals surface area contributed by atoms with Crippen molar-refractivity contribution >= 4 is 24.9 Å². The largest absolute Gasteiger partial charge is 1.00 e. The molecule has 1 aromatic rings. The average molecular weight is 530 g/mol. The molecule has 1 aliphatic carbocycles. The number of rotatable bonds is 10. The van der Waals surface area contributed by atoms with E-state index in [0.29, 0.717) is 5.92 Å². The van der Waals surface area contributed by atoms with Crippen molar-refractivity contribution in [2.45, 2.75) is 60.3 Å². The predicted octanol–water partition coefficient (Wildman–Crippen LogP) is 1.83. The summed E-state index contributed by atoms with van der Waals surface area (Å²) in [6.45, 7) is 26.5. The molecule has 0 radical (unpaired) electrons. The van der Waals surface area contributed by atoms with Crippen molar-refractivity contribution in [1.82, 2.24) is 15.1 Å². The SMILES string of the molecule is CCC.O=CC1CC1.[CH-]=CN=C([CH-]N1CCN(CC(C=BC)=C(C)C)CC1)c1ccc(CNC)cc1.[K+]. The molecule has 1 saturated heterocycles. The van der Waals surface area contributed by atoms with E-state index in [-0.39, 0.29) is 51.4 Å². The fraction of sp³-hybridized carbons (Fsp3) is 0.533. The predicted molar refractivity (Wildman–Crippen MR) is 158 cm³/mol. The van der Waals surface area contributed by atoms with Crippen molar-refractivity contribution in [3.05, 3.63) is 65.9 Å². The molecule has 2 fully saturated rings. The van der Waals surface area contributed by atoms with Gasteiger partial charge in [0.05, 0.1) is 0 Å². The third-order valence-corrected chi connectivity index (χ3v) is 5.77. The zero-order valence-electron chi connectivity index (χ0n) is 24.5. The minimum Gasteiger partial charge on any atom is 1.00 e. The molecule has 1 aliphatic heterocycles. The van der Waals surface area contributed by atoms with Crippen LogP contribution in [0.2, 0.25) is 6.82 Å². The second kappa shape index (κ2) is 22.2. The number of aliphatic imine (C=N–C) groups is 1. The molecule has 1 aromatic carbocycles. The van der Waals surface area contributed by atoms with Gasteiger partial charge in [-0.3, -0.25) is 0 Å². The Hall–Kier alpha value is -0.639. The normalized spacial score (nSPS) is 15.7. The van der Waals surface area contributed by atoms with Gasteiger partial charge in [0.15, 0.2) is 0 Å². The Labute approximate surface area is 270 Å². The monoisotopic (exact) mass is 529 g/mol. The molecule has 0 bridgehead atoms. The molecule has 1 heterocycles. The smallest absolute Gasteiger partial charge is 1.00 e. The first-order valence-electron chi connectivity index (χ1n) is 13.3. The Morgan fingerprint density at radius 3 is 2.16 bits per heavy atom. The number of nitrogens with zero attached hydrogens (tertiary/aromatic N) is 3. The number of nitrogens with one attached hydrogen (secondary N) is 1. The zero-order chi connectivity index (χ0) is 26.8. The first kappa shape index (κ1) is 36.4. The van der Waals surface area contributed by atoms with Crippen LogP contribution >= 0.6 is 0 Å². The number of carbonyl (C=O) groups is 1. The van der Waals surface area contributed by atoms with Gasteiger partial charge in [-0.1, -0.05) is 20.3 Å². The Kier molecular flexibility index (Phi) is 21.8. The van der Waals surface area contributed by atoms with Gasteiger partial charge in [0, 0.05) is 12.5 Å². The van der Waals surface area contributed by atoms with Crippen LogP contribution in [0.25, 0.3) is 0 Å². The Morgan fingerprint density at radius 1 is 1.16 bits per heavy atom. The average Bonchev–Trinajstić information content (AvgIpc) is 3.71. The summed E-state index contributed by atoms with van der Waals surface area (Å²) in [6, 6.07) is 8.48. The van der Waals surface area contributed by atoms with Crippen LogP contribution in [0.1, 0.15) is 58.1 Å². The van der Waals surface area contributed by atoms with Gasteiger partial charge >= 0.3 is 198 Å². The van der Waals surface area contributed by atoms with Gasteiger partial charge < -0.3 is 10.1 Å². The van der Waals surface area contributed by atoms with E-state index in [1.165, 1.54) is 29.3 Å². The molecule has 0 atom stereocenters. The van der Waals surface area contributed by atoms with Crippen LogP contribution in [0, 0.1) is 19.0 Å². The van der Waals surface area contributed by atoms with E-state index in [4.69, 9.17) is 6.58 Å².